The second-order valence-corrected chi connectivity index (χ2v) is 6.70. The highest BCUT2D eigenvalue weighted by molar-refractivity contribution is 5.90. The molecule has 1 aliphatic carbocycles. The predicted molar refractivity (Wildman–Crippen MR) is 103 cm³/mol. The number of nitrogens with zero attached hydrogens (tertiary/aromatic N) is 1. The molecule has 2 aromatic carbocycles. The molecule has 2 atom stereocenters. The van der Waals surface area contributed by atoms with E-state index >= 15 is 0 Å². The molecular formula is C20H22N2O6. The maximum absolute atomic E-state index is 11.5. The zero-order valence-corrected chi connectivity index (χ0v) is 15.4. The molecule has 1 fully saturated rings. The second-order valence-electron chi connectivity index (χ2n) is 6.70. The minimum absolute atomic E-state index is 0.00154. The van der Waals surface area contributed by atoms with Gasteiger partial charge in [-0.15, -0.1) is 0 Å². The number of methoxy groups -OCH3 is 1. The Bertz CT molecular complexity index is 904. The van der Waals surface area contributed by atoms with Gasteiger partial charge < -0.3 is 30.5 Å². The van der Waals surface area contributed by atoms with E-state index in [2.05, 4.69) is 10.3 Å². The molecule has 1 amide bonds. The molecule has 2 aromatic rings. The summed E-state index contributed by atoms with van der Waals surface area (Å²) in [5, 5.41) is 43.6. The number of carbonyl (C=O) groups excluding carboxylic acids is 1. The van der Waals surface area contributed by atoms with Crippen molar-refractivity contribution in [3.8, 4) is 11.5 Å². The smallest absolute Gasteiger partial charge is 0.221 e. The minimum Gasteiger partial charge on any atom is -0.508 e. The average Bonchev–Trinajstić information content (AvgIpc) is 2.63. The van der Waals surface area contributed by atoms with E-state index < -0.39 is 24.0 Å². The molecule has 0 spiro atoms. The molecule has 0 heterocycles. The number of ether oxygens (including phenoxy) is 1. The summed E-state index contributed by atoms with van der Waals surface area (Å²) in [5.74, 6) is -1.68. The molecule has 3 rings (SSSR count). The molecule has 8 heteroatoms. The molecule has 0 radical (unpaired) electrons. The van der Waals surface area contributed by atoms with Crippen molar-refractivity contribution in [1.29, 1.82) is 0 Å². The van der Waals surface area contributed by atoms with E-state index in [-0.39, 0.29) is 17.4 Å². The molecule has 5 N–H and O–H groups in total. The molecule has 1 aliphatic rings. The van der Waals surface area contributed by atoms with Crippen molar-refractivity contribution in [2.24, 2.45) is 4.99 Å². The van der Waals surface area contributed by atoms with Crippen molar-refractivity contribution in [2.45, 2.75) is 31.0 Å². The van der Waals surface area contributed by atoms with E-state index in [1.54, 1.807) is 12.1 Å². The van der Waals surface area contributed by atoms with Crippen molar-refractivity contribution in [2.75, 3.05) is 12.4 Å². The molecule has 0 saturated heterocycles. The van der Waals surface area contributed by atoms with E-state index in [0.717, 1.165) is 0 Å². The van der Waals surface area contributed by atoms with E-state index in [9.17, 15) is 25.2 Å². The highest BCUT2D eigenvalue weighted by Crippen LogP contribution is 2.52. The average molecular weight is 386 g/mol. The lowest BCUT2D eigenvalue weighted by Crippen LogP contribution is -2.51. The summed E-state index contributed by atoms with van der Waals surface area (Å²) in [6.45, 7) is 1.33. The summed E-state index contributed by atoms with van der Waals surface area (Å²) in [5.41, 5.74) is 1.78. The van der Waals surface area contributed by atoms with Crippen molar-refractivity contribution in [3.05, 3.63) is 47.5 Å². The fourth-order valence-electron chi connectivity index (χ4n) is 3.61. The number of phenols is 2. The molecule has 0 bridgehead atoms. The third-order valence-electron chi connectivity index (χ3n) is 4.85. The summed E-state index contributed by atoms with van der Waals surface area (Å²) in [6.07, 6.45) is -0.733. The van der Waals surface area contributed by atoms with Gasteiger partial charge in [-0.25, -0.2) is 4.99 Å². The normalized spacial score (nSPS) is 24.0. The number of amides is 1. The third kappa shape index (κ3) is 3.64. The number of carbonyl (C=O) groups is 1. The first kappa shape index (κ1) is 19.7. The molecule has 8 nitrogen and oxygen atoms in total. The number of phenolic OH excluding ortho intramolecular Hbond substituents is 2. The summed E-state index contributed by atoms with van der Waals surface area (Å²) in [7, 11) is 1.43. The van der Waals surface area contributed by atoms with Crippen LogP contribution in [0, 0.1) is 0 Å². The Hall–Kier alpha value is -3.10. The van der Waals surface area contributed by atoms with Crippen LogP contribution in [0.4, 0.5) is 11.4 Å². The van der Waals surface area contributed by atoms with Crippen LogP contribution in [0.25, 0.3) is 0 Å². The van der Waals surface area contributed by atoms with E-state index in [1.807, 2.05) is 0 Å². The van der Waals surface area contributed by atoms with Gasteiger partial charge in [-0.1, -0.05) is 12.1 Å². The SMILES string of the molecule is COC=Nc1cc(O)ccc1C1C(O)C(c2ccc(O)cc2NC(C)=O)C1O. The highest BCUT2D eigenvalue weighted by atomic mass is 16.5. The molecule has 0 aromatic heterocycles. The van der Waals surface area contributed by atoms with Crippen molar-refractivity contribution in [3.63, 3.8) is 0 Å². The molecule has 2 unspecified atom stereocenters. The van der Waals surface area contributed by atoms with Crippen molar-refractivity contribution < 1.29 is 30.0 Å². The standard InChI is InChI=1S/C20H22N2O6/c1-10(23)22-16-8-12(25)4-6-14(16)18-19(26)17(20(18)27)13-5-3-11(24)7-15(13)21-9-28-2/h3-9,17-20,24-27H,1-2H3,(H,22,23). The Morgan fingerprint density at radius 1 is 1.04 bits per heavy atom. The van der Waals surface area contributed by atoms with Crippen LogP contribution in [0.5, 0.6) is 11.5 Å². The third-order valence-corrected chi connectivity index (χ3v) is 4.85. The predicted octanol–water partition coefficient (Wildman–Crippen LogP) is 1.97. The van der Waals surface area contributed by atoms with Gasteiger partial charge in [-0.2, -0.15) is 0 Å². The Kier molecular flexibility index (Phi) is 5.53. The maximum Gasteiger partial charge on any atom is 0.221 e. The Morgan fingerprint density at radius 2 is 1.61 bits per heavy atom. The van der Waals surface area contributed by atoms with Gasteiger partial charge in [0.2, 0.25) is 5.91 Å². The lowest BCUT2D eigenvalue weighted by molar-refractivity contribution is -0.114. The zero-order valence-electron chi connectivity index (χ0n) is 15.4. The van der Waals surface area contributed by atoms with Crippen LogP contribution in [0.1, 0.15) is 29.9 Å². The zero-order chi connectivity index (χ0) is 20.4. The topological polar surface area (TPSA) is 132 Å². The number of rotatable bonds is 5. The van der Waals surface area contributed by atoms with Crippen LogP contribution < -0.4 is 5.32 Å². The number of aromatic hydroxyl groups is 2. The number of hydrogen-bond acceptors (Lipinski definition) is 7. The lowest BCUT2D eigenvalue weighted by Gasteiger charge is -2.47. The fraction of sp³-hybridized carbons (Fsp3) is 0.300. The van der Waals surface area contributed by atoms with Gasteiger partial charge in [0, 0.05) is 36.6 Å². The summed E-state index contributed by atoms with van der Waals surface area (Å²) in [4.78, 5) is 15.6. The number of aliphatic hydroxyl groups excluding tert-OH is 2. The van der Waals surface area contributed by atoms with Gasteiger partial charge in [0.25, 0.3) is 0 Å². The van der Waals surface area contributed by atoms with Crippen LogP contribution >= 0.6 is 0 Å². The van der Waals surface area contributed by atoms with Gasteiger partial charge in [0.1, 0.15) is 11.5 Å². The van der Waals surface area contributed by atoms with E-state index in [4.69, 9.17) is 4.74 Å². The fourth-order valence-corrected chi connectivity index (χ4v) is 3.61. The van der Waals surface area contributed by atoms with Gasteiger partial charge >= 0.3 is 0 Å². The van der Waals surface area contributed by atoms with Gasteiger partial charge in [-0.05, 0) is 23.3 Å². The van der Waals surface area contributed by atoms with Crippen molar-refractivity contribution in [1.82, 2.24) is 0 Å². The molecule has 1 saturated carbocycles. The number of aliphatic imine (C=N–C) groups is 1. The van der Waals surface area contributed by atoms with Crippen LogP contribution in [0.3, 0.4) is 0 Å². The van der Waals surface area contributed by atoms with Gasteiger partial charge in [0.15, 0.2) is 6.40 Å². The van der Waals surface area contributed by atoms with Crippen LogP contribution in [0.15, 0.2) is 41.4 Å². The van der Waals surface area contributed by atoms with Crippen LogP contribution in [0.2, 0.25) is 0 Å². The maximum atomic E-state index is 11.5. The Balaban J connectivity index is 1.94. The largest absolute Gasteiger partial charge is 0.508 e. The number of benzene rings is 2. The van der Waals surface area contributed by atoms with Crippen molar-refractivity contribution >= 4 is 23.7 Å². The van der Waals surface area contributed by atoms with Crippen LogP contribution in [-0.2, 0) is 9.53 Å². The van der Waals surface area contributed by atoms with Gasteiger partial charge in [0.05, 0.1) is 25.0 Å². The number of aliphatic hydroxyl groups is 2. The molecule has 0 aliphatic heterocycles. The first-order chi connectivity index (χ1) is 13.3. The molecule has 28 heavy (non-hydrogen) atoms. The lowest BCUT2D eigenvalue weighted by atomic mass is 9.62. The number of hydrogen-bond donors (Lipinski definition) is 5. The first-order valence-electron chi connectivity index (χ1n) is 8.68. The second kappa shape index (κ2) is 7.87. The van der Waals surface area contributed by atoms with Crippen LogP contribution in [-0.4, -0.2) is 52.1 Å². The summed E-state index contributed by atoms with van der Waals surface area (Å²) < 4.78 is 4.82. The minimum atomic E-state index is -0.965. The number of anilines is 1. The van der Waals surface area contributed by atoms with E-state index in [0.29, 0.717) is 22.5 Å². The van der Waals surface area contributed by atoms with E-state index in [1.165, 1.54) is 44.7 Å². The summed E-state index contributed by atoms with van der Waals surface area (Å²) in [6, 6.07) is 8.84. The Labute approximate surface area is 161 Å². The highest BCUT2D eigenvalue weighted by Gasteiger charge is 2.51. The first-order valence-corrected chi connectivity index (χ1v) is 8.68. The van der Waals surface area contributed by atoms with Gasteiger partial charge in [-0.3, -0.25) is 4.79 Å². The Morgan fingerprint density at radius 3 is 2.21 bits per heavy atom. The molecular weight excluding hydrogens is 364 g/mol. The quantitative estimate of drug-likeness (QED) is 0.394. The monoisotopic (exact) mass is 386 g/mol. The molecule has 148 valence electrons. The summed E-state index contributed by atoms with van der Waals surface area (Å²) >= 11 is 0. The number of nitrogens with one attached hydrogen (secondary N) is 1.